The normalized spacial score (nSPS) is 23.4. The molecule has 6 heteroatoms. The number of amides is 1. The Morgan fingerprint density at radius 2 is 2.03 bits per heavy atom. The first-order valence-electron chi connectivity index (χ1n) is 11.7. The maximum Gasteiger partial charge on any atom is 0.230 e. The van der Waals surface area contributed by atoms with E-state index in [0.29, 0.717) is 6.54 Å². The summed E-state index contributed by atoms with van der Waals surface area (Å²) in [5, 5.41) is 13.1. The van der Waals surface area contributed by atoms with Crippen LogP contribution in [0.25, 0.3) is 0 Å². The van der Waals surface area contributed by atoms with Gasteiger partial charge < -0.3 is 15.0 Å². The van der Waals surface area contributed by atoms with E-state index in [2.05, 4.69) is 36.3 Å². The van der Waals surface area contributed by atoms with Gasteiger partial charge in [-0.2, -0.15) is 5.26 Å². The van der Waals surface area contributed by atoms with Gasteiger partial charge in [-0.3, -0.25) is 4.79 Å². The van der Waals surface area contributed by atoms with Gasteiger partial charge in [-0.05, 0) is 76.1 Å². The molecule has 0 radical (unpaired) electrons. The van der Waals surface area contributed by atoms with Gasteiger partial charge in [0.05, 0.1) is 41.6 Å². The van der Waals surface area contributed by atoms with Gasteiger partial charge in [0.2, 0.25) is 5.91 Å². The molecule has 3 aliphatic rings. The molecule has 0 atom stereocenters. The molecule has 0 bridgehead atoms. The van der Waals surface area contributed by atoms with Crippen molar-refractivity contribution in [2.24, 2.45) is 5.92 Å². The fraction of sp³-hybridized carbons (Fsp3) is 0.500. The molecule has 2 heterocycles. The number of nitrogens with one attached hydrogen (secondary N) is 1. The molecule has 5 rings (SSSR count). The van der Waals surface area contributed by atoms with Crippen LogP contribution >= 0.6 is 0 Å². The molecule has 1 aliphatic heterocycles. The summed E-state index contributed by atoms with van der Waals surface area (Å²) in [7, 11) is 0. The lowest BCUT2D eigenvalue weighted by molar-refractivity contribution is -0.124. The summed E-state index contributed by atoms with van der Waals surface area (Å²) >= 11 is 0. The van der Waals surface area contributed by atoms with Crippen LogP contribution in [0.3, 0.4) is 0 Å². The van der Waals surface area contributed by atoms with E-state index in [1.807, 2.05) is 29.2 Å². The number of benzene rings is 1. The standard InChI is InChI=1S/C26H30N4O2/c1-17(2)32-21-8-5-18(6-9-21)25(31)30-15-19-4-3-13-28-24(19)29-22-10-7-20(14-23(22)30)26(16-27)11-12-26/h3-4,7,10,13-14,17-18,21H,5-6,8-9,11-12,15H2,1-2H3,(H,28,29). The highest BCUT2D eigenvalue weighted by Crippen LogP contribution is 2.50. The average Bonchev–Trinajstić information content (AvgIpc) is 3.61. The van der Waals surface area contributed by atoms with Crippen molar-refractivity contribution in [2.75, 3.05) is 10.2 Å². The van der Waals surface area contributed by atoms with Gasteiger partial charge in [0, 0.05) is 17.7 Å². The first-order chi connectivity index (χ1) is 15.5. The van der Waals surface area contributed by atoms with Gasteiger partial charge in [-0.25, -0.2) is 4.98 Å². The number of carbonyl (C=O) groups excluding carboxylic acids is 1. The van der Waals surface area contributed by atoms with Crippen LogP contribution in [0.4, 0.5) is 17.2 Å². The van der Waals surface area contributed by atoms with E-state index >= 15 is 0 Å². The predicted octanol–water partition coefficient (Wildman–Crippen LogP) is 5.21. The largest absolute Gasteiger partial charge is 0.376 e. The molecule has 32 heavy (non-hydrogen) atoms. The van der Waals surface area contributed by atoms with E-state index in [9.17, 15) is 10.1 Å². The van der Waals surface area contributed by atoms with Crippen molar-refractivity contribution in [3.05, 3.63) is 47.7 Å². The minimum Gasteiger partial charge on any atom is -0.376 e. The van der Waals surface area contributed by atoms with Crippen LogP contribution in [0, 0.1) is 17.2 Å². The van der Waals surface area contributed by atoms with Crippen molar-refractivity contribution < 1.29 is 9.53 Å². The molecule has 0 saturated heterocycles. The second kappa shape index (κ2) is 8.22. The van der Waals surface area contributed by atoms with Crippen LogP contribution in [0.15, 0.2) is 36.5 Å². The summed E-state index contributed by atoms with van der Waals surface area (Å²) < 4.78 is 5.99. The molecule has 6 nitrogen and oxygen atoms in total. The van der Waals surface area contributed by atoms with Crippen molar-refractivity contribution >= 4 is 23.1 Å². The maximum atomic E-state index is 13.8. The number of aromatic nitrogens is 1. The second-order valence-electron chi connectivity index (χ2n) is 9.64. The van der Waals surface area contributed by atoms with Crippen molar-refractivity contribution in [2.45, 2.75) is 76.5 Å². The molecule has 2 saturated carbocycles. The van der Waals surface area contributed by atoms with E-state index in [1.165, 1.54) is 0 Å². The molecule has 2 aliphatic carbocycles. The summed E-state index contributed by atoms with van der Waals surface area (Å²) in [6, 6.07) is 12.5. The van der Waals surface area contributed by atoms with Crippen LogP contribution in [-0.2, 0) is 21.5 Å². The first-order valence-corrected chi connectivity index (χ1v) is 11.7. The van der Waals surface area contributed by atoms with Crippen molar-refractivity contribution in [1.82, 2.24) is 4.98 Å². The van der Waals surface area contributed by atoms with Gasteiger partial charge in [0.15, 0.2) is 0 Å². The van der Waals surface area contributed by atoms with Gasteiger partial charge >= 0.3 is 0 Å². The number of rotatable bonds is 4. The summed E-state index contributed by atoms with van der Waals surface area (Å²) in [5.41, 5.74) is 3.33. The SMILES string of the molecule is CC(C)OC1CCC(C(=O)N2Cc3cccnc3Nc3ccc(C4(C#N)CC4)cc32)CC1. The predicted molar refractivity (Wildman–Crippen MR) is 124 cm³/mol. The lowest BCUT2D eigenvalue weighted by Crippen LogP contribution is -2.38. The van der Waals surface area contributed by atoms with Crippen LogP contribution in [0.5, 0.6) is 0 Å². The number of nitrogens with zero attached hydrogens (tertiary/aromatic N) is 3. The topological polar surface area (TPSA) is 78.2 Å². The number of fused-ring (bicyclic) bond motifs is 2. The molecule has 1 aromatic heterocycles. The van der Waals surface area contributed by atoms with Crippen LogP contribution < -0.4 is 10.2 Å². The molecule has 0 spiro atoms. The fourth-order valence-electron chi connectivity index (χ4n) is 5.06. The molecule has 2 aromatic rings. The van der Waals surface area contributed by atoms with E-state index in [4.69, 9.17) is 4.74 Å². The highest BCUT2D eigenvalue weighted by atomic mass is 16.5. The monoisotopic (exact) mass is 430 g/mol. The Kier molecular flexibility index (Phi) is 5.38. The number of hydrogen-bond donors (Lipinski definition) is 1. The number of ether oxygens (including phenoxy) is 1. The molecule has 1 N–H and O–H groups in total. The lowest BCUT2D eigenvalue weighted by atomic mass is 9.86. The summed E-state index contributed by atoms with van der Waals surface area (Å²) in [6.45, 7) is 4.61. The molecule has 166 valence electrons. The van der Waals surface area contributed by atoms with Crippen molar-refractivity contribution in [1.29, 1.82) is 5.26 Å². The molecular weight excluding hydrogens is 400 g/mol. The molecule has 1 amide bonds. The zero-order chi connectivity index (χ0) is 22.3. The first kappa shape index (κ1) is 21.0. The van der Waals surface area contributed by atoms with E-state index in [0.717, 1.165) is 66.8 Å². The van der Waals surface area contributed by atoms with Gasteiger partial charge in [0.25, 0.3) is 0 Å². The van der Waals surface area contributed by atoms with Crippen molar-refractivity contribution in [3.63, 3.8) is 0 Å². The van der Waals surface area contributed by atoms with Crippen LogP contribution in [0.2, 0.25) is 0 Å². The number of carbonyl (C=O) groups is 1. The minimum absolute atomic E-state index is 0.0115. The number of pyridine rings is 1. The third kappa shape index (κ3) is 3.86. The quantitative estimate of drug-likeness (QED) is 0.720. The third-order valence-electron chi connectivity index (χ3n) is 7.03. The van der Waals surface area contributed by atoms with Gasteiger partial charge in [-0.1, -0.05) is 12.1 Å². The number of hydrogen-bond acceptors (Lipinski definition) is 5. The van der Waals surface area contributed by atoms with Gasteiger partial charge in [-0.15, -0.1) is 0 Å². The Morgan fingerprint density at radius 3 is 2.72 bits per heavy atom. The van der Waals surface area contributed by atoms with Crippen LogP contribution in [0.1, 0.15) is 63.5 Å². The highest BCUT2D eigenvalue weighted by molar-refractivity contribution is 5.99. The molecule has 2 fully saturated rings. The molecular formula is C26H30N4O2. The Hall–Kier alpha value is -2.91. The van der Waals surface area contributed by atoms with E-state index in [1.54, 1.807) is 6.20 Å². The zero-order valence-electron chi connectivity index (χ0n) is 18.8. The minimum atomic E-state index is -0.395. The number of anilines is 3. The second-order valence-corrected chi connectivity index (χ2v) is 9.64. The zero-order valence-corrected chi connectivity index (χ0v) is 18.8. The Balaban J connectivity index is 1.46. The van der Waals surface area contributed by atoms with Crippen molar-refractivity contribution in [3.8, 4) is 6.07 Å². The molecule has 1 aromatic carbocycles. The van der Waals surface area contributed by atoms with Gasteiger partial charge in [0.1, 0.15) is 5.82 Å². The van der Waals surface area contributed by atoms with E-state index < -0.39 is 5.41 Å². The third-order valence-corrected chi connectivity index (χ3v) is 7.03. The lowest BCUT2D eigenvalue weighted by Gasteiger charge is -2.33. The Bertz CT molecular complexity index is 1060. The number of nitriles is 1. The smallest absolute Gasteiger partial charge is 0.230 e. The van der Waals surface area contributed by atoms with E-state index in [-0.39, 0.29) is 24.0 Å². The average molecular weight is 431 g/mol. The Morgan fingerprint density at radius 1 is 1.25 bits per heavy atom. The summed E-state index contributed by atoms with van der Waals surface area (Å²) in [4.78, 5) is 20.2. The summed E-state index contributed by atoms with van der Waals surface area (Å²) in [5.74, 6) is 0.932. The van der Waals surface area contributed by atoms with Crippen LogP contribution in [-0.4, -0.2) is 23.1 Å². The maximum absolute atomic E-state index is 13.8. The highest BCUT2D eigenvalue weighted by Gasteiger charge is 2.45. The summed E-state index contributed by atoms with van der Waals surface area (Å²) in [6.07, 6.45) is 7.52. The Labute approximate surface area is 189 Å². The fourth-order valence-corrected chi connectivity index (χ4v) is 5.06. The molecule has 0 unspecified atom stereocenters.